The van der Waals surface area contributed by atoms with Crippen LogP contribution in [-0.4, -0.2) is 19.0 Å². The molecule has 0 saturated carbocycles. The summed E-state index contributed by atoms with van der Waals surface area (Å²) in [5, 5.41) is 2.08. The Morgan fingerprint density at radius 1 is 1.08 bits per heavy atom. The molecule has 0 aliphatic carbocycles. The van der Waals surface area contributed by atoms with Gasteiger partial charge in [-0.25, -0.2) is 9.18 Å². The number of carbonyl (C=O) groups excluding carboxylic acids is 2. The number of rotatable bonds is 3. The topological polar surface area (TPSA) is 55.4 Å². The molecule has 1 amide bonds. The van der Waals surface area contributed by atoms with Crippen molar-refractivity contribution in [1.29, 1.82) is 0 Å². The Morgan fingerprint density at radius 3 is 2.36 bits per heavy atom. The molecular formula is C17H13F4NO3. The van der Waals surface area contributed by atoms with E-state index >= 15 is 0 Å². The molecule has 0 heterocycles. The predicted octanol–water partition coefficient (Wildman–Crippen LogP) is 4.19. The highest BCUT2D eigenvalue weighted by Gasteiger charge is 2.31. The maximum atomic E-state index is 13.7. The highest BCUT2D eigenvalue weighted by atomic mass is 19.4. The zero-order valence-corrected chi connectivity index (χ0v) is 13.2. The van der Waals surface area contributed by atoms with Crippen LogP contribution in [0.5, 0.6) is 0 Å². The molecule has 0 saturated heterocycles. The molecule has 2 rings (SSSR count). The van der Waals surface area contributed by atoms with Crippen LogP contribution >= 0.6 is 0 Å². The SMILES string of the molecule is COC(=O)c1cc(C(=O)Nc2cc(C(F)(F)F)ccc2F)ccc1C. The number of aryl methyl sites for hydroxylation is 1. The van der Waals surface area contributed by atoms with Crippen LogP contribution in [0.25, 0.3) is 0 Å². The average Bonchev–Trinajstić information content (AvgIpc) is 2.55. The molecule has 1 N–H and O–H groups in total. The molecule has 25 heavy (non-hydrogen) atoms. The van der Waals surface area contributed by atoms with Gasteiger partial charge in [-0.3, -0.25) is 4.79 Å². The summed E-state index contributed by atoms with van der Waals surface area (Å²) < 4.78 is 56.4. The van der Waals surface area contributed by atoms with Gasteiger partial charge in [-0.05, 0) is 42.8 Å². The molecule has 0 unspecified atom stereocenters. The Bertz CT molecular complexity index is 831. The molecule has 0 aliphatic heterocycles. The minimum absolute atomic E-state index is 0.0252. The Labute approximate surface area is 140 Å². The van der Waals surface area contributed by atoms with Crippen LogP contribution in [0.15, 0.2) is 36.4 Å². The van der Waals surface area contributed by atoms with E-state index in [9.17, 15) is 27.2 Å². The smallest absolute Gasteiger partial charge is 0.416 e. The summed E-state index contributed by atoms with van der Waals surface area (Å²) in [6.07, 6.45) is -4.67. The van der Waals surface area contributed by atoms with Crippen molar-refractivity contribution >= 4 is 17.6 Å². The molecule has 132 valence electrons. The largest absolute Gasteiger partial charge is 0.465 e. The Morgan fingerprint density at radius 2 is 1.76 bits per heavy atom. The van der Waals surface area contributed by atoms with E-state index in [4.69, 9.17) is 0 Å². The molecule has 2 aromatic carbocycles. The van der Waals surface area contributed by atoms with Crippen LogP contribution < -0.4 is 5.32 Å². The van der Waals surface area contributed by atoms with E-state index in [1.165, 1.54) is 25.3 Å². The molecule has 0 bridgehead atoms. The van der Waals surface area contributed by atoms with Gasteiger partial charge in [-0.1, -0.05) is 6.07 Å². The minimum Gasteiger partial charge on any atom is -0.465 e. The van der Waals surface area contributed by atoms with E-state index in [1.807, 2.05) is 0 Å². The van der Waals surface area contributed by atoms with Gasteiger partial charge in [0.05, 0.1) is 23.9 Å². The van der Waals surface area contributed by atoms with Crippen molar-refractivity contribution in [3.63, 3.8) is 0 Å². The van der Waals surface area contributed by atoms with Crippen molar-refractivity contribution in [1.82, 2.24) is 0 Å². The van der Waals surface area contributed by atoms with E-state index < -0.39 is 35.1 Å². The summed E-state index contributed by atoms with van der Waals surface area (Å²) in [6, 6.07) is 5.76. The number of methoxy groups -OCH3 is 1. The second-order valence-corrected chi connectivity index (χ2v) is 5.17. The standard InChI is InChI=1S/C17H13F4NO3/c1-9-3-4-10(7-12(9)16(24)25-2)15(23)22-14-8-11(17(19,20)21)5-6-13(14)18/h3-8H,1-2H3,(H,22,23). The normalized spacial score (nSPS) is 11.1. The van der Waals surface area contributed by atoms with E-state index in [1.54, 1.807) is 6.92 Å². The minimum atomic E-state index is -4.67. The van der Waals surface area contributed by atoms with Gasteiger partial charge in [0, 0.05) is 5.56 Å². The lowest BCUT2D eigenvalue weighted by Gasteiger charge is -2.12. The van der Waals surface area contributed by atoms with Crippen LogP contribution in [0.2, 0.25) is 0 Å². The monoisotopic (exact) mass is 355 g/mol. The van der Waals surface area contributed by atoms with E-state index in [2.05, 4.69) is 10.1 Å². The van der Waals surface area contributed by atoms with Gasteiger partial charge in [0.1, 0.15) is 5.82 Å². The number of benzene rings is 2. The van der Waals surface area contributed by atoms with Gasteiger partial charge in [0.2, 0.25) is 0 Å². The molecular weight excluding hydrogens is 342 g/mol. The Hall–Kier alpha value is -2.90. The van der Waals surface area contributed by atoms with E-state index in [0.717, 1.165) is 0 Å². The van der Waals surface area contributed by atoms with Crippen LogP contribution in [0.4, 0.5) is 23.2 Å². The second kappa shape index (κ2) is 6.92. The van der Waals surface area contributed by atoms with E-state index in [0.29, 0.717) is 23.8 Å². The summed E-state index contributed by atoms with van der Waals surface area (Å²) in [5.74, 6) is -2.54. The Kier molecular flexibility index (Phi) is 5.10. The third-order valence-electron chi connectivity index (χ3n) is 3.45. The van der Waals surface area contributed by atoms with Crippen molar-refractivity contribution in [2.45, 2.75) is 13.1 Å². The maximum Gasteiger partial charge on any atom is 0.416 e. The lowest BCUT2D eigenvalue weighted by atomic mass is 10.0. The number of hydrogen-bond donors (Lipinski definition) is 1. The summed E-state index contributed by atoms with van der Waals surface area (Å²) in [7, 11) is 1.17. The molecule has 2 aromatic rings. The summed E-state index contributed by atoms with van der Waals surface area (Å²) in [5.41, 5.74) is -1.06. The number of anilines is 1. The van der Waals surface area contributed by atoms with Crippen LogP contribution in [0, 0.1) is 12.7 Å². The van der Waals surface area contributed by atoms with Crippen LogP contribution in [0.3, 0.4) is 0 Å². The number of halogens is 4. The van der Waals surface area contributed by atoms with Crippen LogP contribution in [-0.2, 0) is 10.9 Å². The molecule has 4 nitrogen and oxygen atoms in total. The average molecular weight is 355 g/mol. The highest BCUT2D eigenvalue weighted by Crippen LogP contribution is 2.32. The molecule has 0 fully saturated rings. The summed E-state index contributed by atoms with van der Waals surface area (Å²) in [4.78, 5) is 23.8. The van der Waals surface area contributed by atoms with Crippen molar-refractivity contribution < 1.29 is 31.9 Å². The maximum absolute atomic E-state index is 13.7. The first kappa shape index (κ1) is 18.4. The number of hydrogen-bond acceptors (Lipinski definition) is 3. The van der Waals surface area contributed by atoms with Crippen LogP contribution in [0.1, 0.15) is 31.8 Å². The lowest BCUT2D eigenvalue weighted by molar-refractivity contribution is -0.137. The molecule has 0 atom stereocenters. The van der Waals surface area contributed by atoms with Crippen molar-refractivity contribution in [2.75, 3.05) is 12.4 Å². The molecule has 0 aliphatic rings. The number of nitrogens with one attached hydrogen (secondary N) is 1. The third-order valence-corrected chi connectivity index (χ3v) is 3.45. The van der Waals surface area contributed by atoms with Gasteiger partial charge in [-0.2, -0.15) is 13.2 Å². The number of carbonyl (C=O) groups is 2. The number of alkyl halides is 3. The quantitative estimate of drug-likeness (QED) is 0.663. The zero-order chi connectivity index (χ0) is 18.8. The van der Waals surface area contributed by atoms with E-state index in [-0.39, 0.29) is 11.1 Å². The van der Waals surface area contributed by atoms with Gasteiger partial charge in [-0.15, -0.1) is 0 Å². The van der Waals surface area contributed by atoms with Gasteiger partial charge < -0.3 is 10.1 Å². The van der Waals surface area contributed by atoms with Crippen molar-refractivity contribution in [3.05, 3.63) is 64.5 Å². The van der Waals surface area contributed by atoms with Crippen molar-refractivity contribution in [3.8, 4) is 0 Å². The first-order chi connectivity index (χ1) is 11.6. The number of amides is 1. The fraction of sp³-hybridized carbons (Fsp3) is 0.176. The molecule has 0 spiro atoms. The second-order valence-electron chi connectivity index (χ2n) is 5.17. The van der Waals surface area contributed by atoms with Crippen molar-refractivity contribution in [2.24, 2.45) is 0 Å². The first-order valence-corrected chi connectivity index (χ1v) is 7.00. The first-order valence-electron chi connectivity index (χ1n) is 7.00. The Balaban J connectivity index is 2.33. The summed E-state index contributed by atoms with van der Waals surface area (Å²) in [6.45, 7) is 1.63. The highest BCUT2D eigenvalue weighted by molar-refractivity contribution is 6.06. The van der Waals surface area contributed by atoms with Gasteiger partial charge in [0.15, 0.2) is 0 Å². The number of esters is 1. The molecule has 0 aromatic heterocycles. The van der Waals surface area contributed by atoms with Gasteiger partial charge >= 0.3 is 12.1 Å². The summed E-state index contributed by atoms with van der Waals surface area (Å²) >= 11 is 0. The fourth-order valence-corrected chi connectivity index (χ4v) is 2.08. The third kappa shape index (κ3) is 4.14. The molecule has 0 radical (unpaired) electrons. The zero-order valence-electron chi connectivity index (χ0n) is 13.2. The predicted molar refractivity (Wildman–Crippen MR) is 81.9 cm³/mol. The number of ether oxygens (including phenoxy) is 1. The lowest BCUT2D eigenvalue weighted by Crippen LogP contribution is -2.16. The van der Waals surface area contributed by atoms with Gasteiger partial charge in [0.25, 0.3) is 5.91 Å². The molecule has 8 heteroatoms. The fourth-order valence-electron chi connectivity index (χ4n) is 2.08.